The molecule has 0 spiro atoms. The maximum atomic E-state index is 5.57. The van der Waals surface area contributed by atoms with Crippen molar-refractivity contribution in [3.8, 4) is 0 Å². The largest absolute Gasteiger partial charge is 0.393 e. The molecule has 0 saturated heterocycles. The van der Waals surface area contributed by atoms with Gasteiger partial charge in [0.1, 0.15) is 0 Å². The summed E-state index contributed by atoms with van der Waals surface area (Å²) in [7, 11) is 0. The van der Waals surface area contributed by atoms with Crippen molar-refractivity contribution in [2.75, 3.05) is 6.61 Å². The number of hydrogen-bond donors (Lipinski definition) is 1. The van der Waals surface area contributed by atoms with E-state index in [4.69, 9.17) is 22.7 Å². The molecule has 78 valence electrons. The lowest BCUT2D eigenvalue weighted by atomic mass is 10.3. The summed E-state index contributed by atoms with van der Waals surface area (Å²) in [6.45, 7) is 2.73. The van der Waals surface area contributed by atoms with Crippen molar-refractivity contribution in [3.63, 3.8) is 0 Å². The third-order valence-electron chi connectivity index (χ3n) is 1.82. The van der Waals surface area contributed by atoms with Crippen LogP contribution >= 0.6 is 23.6 Å². The van der Waals surface area contributed by atoms with Crippen molar-refractivity contribution >= 4 is 28.5 Å². The molecule has 1 rings (SSSR count). The Bertz CT molecular complexity index is 272. The van der Waals surface area contributed by atoms with Gasteiger partial charge in [-0.25, -0.2) is 0 Å². The van der Waals surface area contributed by atoms with Gasteiger partial charge in [-0.1, -0.05) is 18.3 Å². The van der Waals surface area contributed by atoms with Crippen LogP contribution in [0.5, 0.6) is 0 Å². The molecular weight excluding hydrogens is 214 g/mol. The topological polar surface area (TPSA) is 35.2 Å². The minimum Gasteiger partial charge on any atom is -0.393 e. The lowest BCUT2D eigenvalue weighted by Crippen LogP contribution is -2.19. The molecule has 1 heterocycles. The molecule has 2 nitrogen and oxygen atoms in total. The van der Waals surface area contributed by atoms with Crippen molar-refractivity contribution in [1.82, 2.24) is 0 Å². The van der Waals surface area contributed by atoms with E-state index in [-0.39, 0.29) is 6.10 Å². The van der Waals surface area contributed by atoms with E-state index in [0.29, 0.717) is 11.4 Å². The van der Waals surface area contributed by atoms with E-state index in [1.807, 2.05) is 6.92 Å². The minimum atomic E-state index is 0.132. The summed E-state index contributed by atoms with van der Waals surface area (Å²) >= 11 is 6.56. The van der Waals surface area contributed by atoms with Crippen molar-refractivity contribution in [3.05, 3.63) is 22.4 Å². The first-order valence-corrected chi connectivity index (χ1v) is 5.89. The molecule has 0 aromatic carbocycles. The SMILES string of the molecule is CC(CC(N)=S)OCCc1cccs1. The van der Waals surface area contributed by atoms with Gasteiger partial charge >= 0.3 is 0 Å². The molecule has 0 aliphatic rings. The normalized spacial score (nSPS) is 12.6. The van der Waals surface area contributed by atoms with E-state index in [1.165, 1.54) is 4.88 Å². The van der Waals surface area contributed by atoms with Crippen molar-refractivity contribution < 1.29 is 4.74 Å². The van der Waals surface area contributed by atoms with E-state index in [0.717, 1.165) is 13.0 Å². The highest BCUT2D eigenvalue weighted by molar-refractivity contribution is 7.80. The molecule has 1 atom stereocenters. The first kappa shape index (κ1) is 11.6. The fourth-order valence-corrected chi connectivity index (χ4v) is 2.08. The van der Waals surface area contributed by atoms with Gasteiger partial charge in [0.2, 0.25) is 0 Å². The van der Waals surface area contributed by atoms with E-state index in [9.17, 15) is 0 Å². The lowest BCUT2D eigenvalue weighted by Gasteiger charge is -2.11. The van der Waals surface area contributed by atoms with Crippen LogP contribution < -0.4 is 5.73 Å². The predicted octanol–water partition coefficient (Wildman–Crippen LogP) is 2.37. The van der Waals surface area contributed by atoms with Gasteiger partial charge in [-0.2, -0.15) is 0 Å². The van der Waals surface area contributed by atoms with Crippen LogP contribution in [0.4, 0.5) is 0 Å². The molecule has 4 heteroatoms. The molecule has 1 unspecified atom stereocenters. The van der Waals surface area contributed by atoms with Gasteiger partial charge in [-0.15, -0.1) is 11.3 Å². The summed E-state index contributed by atoms with van der Waals surface area (Å²) < 4.78 is 5.57. The number of ether oxygens (including phenoxy) is 1. The molecule has 1 aromatic rings. The van der Waals surface area contributed by atoms with E-state index < -0.39 is 0 Å². The number of nitrogens with two attached hydrogens (primary N) is 1. The van der Waals surface area contributed by atoms with Crippen LogP contribution in [0, 0.1) is 0 Å². The molecule has 0 fully saturated rings. The standard InChI is InChI=1S/C10H15NOS2/c1-8(7-10(11)13)12-5-4-9-3-2-6-14-9/h2-3,6,8H,4-5,7H2,1H3,(H2,11,13). The van der Waals surface area contributed by atoms with Crippen LogP contribution in [0.2, 0.25) is 0 Å². The van der Waals surface area contributed by atoms with E-state index in [1.54, 1.807) is 11.3 Å². The second-order valence-corrected chi connectivity index (χ2v) is 4.74. The molecule has 2 N–H and O–H groups in total. The van der Waals surface area contributed by atoms with Gasteiger partial charge in [0.15, 0.2) is 0 Å². The van der Waals surface area contributed by atoms with Gasteiger partial charge in [0, 0.05) is 17.7 Å². The Balaban J connectivity index is 2.12. The Morgan fingerprint density at radius 3 is 3.07 bits per heavy atom. The van der Waals surface area contributed by atoms with Crippen LogP contribution in [0.3, 0.4) is 0 Å². The van der Waals surface area contributed by atoms with Crippen LogP contribution in [0.1, 0.15) is 18.2 Å². The molecule has 0 amide bonds. The summed E-state index contributed by atoms with van der Waals surface area (Å²) in [4.78, 5) is 1.88. The highest BCUT2D eigenvalue weighted by atomic mass is 32.1. The lowest BCUT2D eigenvalue weighted by molar-refractivity contribution is 0.0740. The van der Waals surface area contributed by atoms with Crippen LogP contribution in [0.25, 0.3) is 0 Å². The monoisotopic (exact) mass is 229 g/mol. The Hall–Kier alpha value is -0.450. The second kappa shape index (κ2) is 6.11. The Labute approximate surface area is 94.1 Å². The molecule has 0 aliphatic heterocycles. The zero-order valence-electron chi connectivity index (χ0n) is 8.23. The molecule has 0 aliphatic carbocycles. The van der Waals surface area contributed by atoms with E-state index >= 15 is 0 Å². The summed E-state index contributed by atoms with van der Waals surface area (Å²) in [5.41, 5.74) is 5.41. The zero-order chi connectivity index (χ0) is 10.4. The van der Waals surface area contributed by atoms with Gasteiger partial charge in [0.25, 0.3) is 0 Å². The van der Waals surface area contributed by atoms with Gasteiger partial charge in [-0.05, 0) is 18.4 Å². The molecule has 14 heavy (non-hydrogen) atoms. The second-order valence-electron chi connectivity index (χ2n) is 3.18. The molecule has 0 radical (unpaired) electrons. The third kappa shape index (κ3) is 4.69. The highest BCUT2D eigenvalue weighted by Gasteiger charge is 2.03. The fourth-order valence-electron chi connectivity index (χ4n) is 1.16. The Kier molecular flexibility index (Phi) is 5.07. The summed E-state index contributed by atoms with van der Waals surface area (Å²) in [6.07, 6.45) is 1.77. The first-order chi connectivity index (χ1) is 6.68. The fraction of sp³-hybridized carbons (Fsp3) is 0.500. The van der Waals surface area contributed by atoms with E-state index in [2.05, 4.69) is 17.5 Å². The summed E-state index contributed by atoms with van der Waals surface area (Å²) in [6, 6.07) is 4.17. The zero-order valence-corrected chi connectivity index (χ0v) is 9.87. The van der Waals surface area contributed by atoms with Gasteiger partial charge in [0.05, 0.1) is 17.7 Å². The van der Waals surface area contributed by atoms with Gasteiger partial charge in [-0.3, -0.25) is 0 Å². The van der Waals surface area contributed by atoms with Gasteiger partial charge < -0.3 is 10.5 Å². The average Bonchev–Trinajstić information content (AvgIpc) is 2.55. The number of thiophene rings is 1. The maximum Gasteiger partial charge on any atom is 0.0753 e. The first-order valence-electron chi connectivity index (χ1n) is 4.61. The van der Waals surface area contributed by atoms with Crippen molar-refractivity contribution in [2.45, 2.75) is 25.9 Å². The number of rotatable bonds is 6. The number of thiocarbonyl (C=S) groups is 1. The average molecular weight is 229 g/mol. The molecule has 1 aromatic heterocycles. The van der Waals surface area contributed by atoms with Crippen LogP contribution in [-0.2, 0) is 11.2 Å². The quantitative estimate of drug-likeness (QED) is 0.761. The summed E-state index contributed by atoms with van der Waals surface area (Å²) in [5.74, 6) is 0. The van der Waals surface area contributed by atoms with Crippen LogP contribution in [-0.4, -0.2) is 17.7 Å². The Morgan fingerprint density at radius 1 is 1.71 bits per heavy atom. The maximum absolute atomic E-state index is 5.57. The molecular formula is C10H15NOS2. The molecule has 0 saturated carbocycles. The van der Waals surface area contributed by atoms with Crippen molar-refractivity contribution in [1.29, 1.82) is 0 Å². The smallest absolute Gasteiger partial charge is 0.0753 e. The Morgan fingerprint density at radius 2 is 2.50 bits per heavy atom. The molecule has 0 bridgehead atoms. The number of hydrogen-bond acceptors (Lipinski definition) is 3. The van der Waals surface area contributed by atoms with Crippen LogP contribution in [0.15, 0.2) is 17.5 Å². The highest BCUT2D eigenvalue weighted by Crippen LogP contribution is 2.09. The van der Waals surface area contributed by atoms with Crippen molar-refractivity contribution in [2.24, 2.45) is 5.73 Å². The summed E-state index contributed by atoms with van der Waals surface area (Å²) in [5, 5.41) is 2.08. The predicted molar refractivity (Wildman–Crippen MR) is 64.8 cm³/mol. The third-order valence-corrected chi connectivity index (χ3v) is 2.92. The minimum absolute atomic E-state index is 0.132.